The number of hydrazone groups is 1. The molecule has 1 aromatic carbocycles. The quantitative estimate of drug-likeness (QED) is 0.382. The summed E-state index contributed by atoms with van der Waals surface area (Å²) in [7, 11) is 0. The lowest BCUT2D eigenvalue weighted by Gasteiger charge is -2.30. The fourth-order valence-electron chi connectivity index (χ4n) is 3.75. The molecule has 0 saturated carbocycles. The number of nitrogens with one attached hydrogen (secondary N) is 1. The molecular formula is C23H26BrN7O3. The van der Waals surface area contributed by atoms with Gasteiger partial charge in [-0.25, -0.2) is 5.43 Å². The third-order valence-corrected chi connectivity index (χ3v) is 6.23. The molecule has 2 aliphatic rings. The second kappa shape index (κ2) is 10.5. The average Bonchev–Trinajstić information content (AvgIpc) is 3.33. The molecule has 2 aliphatic heterocycles. The molecular weight excluding hydrogens is 502 g/mol. The molecule has 0 amide bonds. The summed E-state index contributed by atoms with van der Waals surface area (Å²) in [6.45, 7) is 7.59. The summed E-state index contributed by atoms with van der Waals surface area (Å²) in [4.78, 5) is 18.1. The van der Waals surface area contributed by atoms with Crippen LogP contribution in [0.15, 0.2) is 44.3 Å². The molecule has 2 saturated heterocycles. The molecule has 0 aliphatic carbocycles. The lowest BCUT2D eigenvalue weighted by atomic mass is 10.1. The number of nitrogens with zero attached hydrogens (tertiary/aromatic N) is 6. The summed E-state index contributed by atoms with van der Waals surface area (Å²) in [5.41, 5.74) is 5.11. The van der Waals surface area contributed by atoms with E-state index in [1.165, 1.54) is 5.56 Å². The highest BCUT2D eigenvalue weighted by molar-refractivity contribution is 9.10. The lowest BCUT2D eigenvalue weighted by Crippen LogP contribution is -2.40. The fourth-order valence-corrected chi connectivity index (χ4v) is 4.44. The van der Waals surface area contributed by atoms with Gasteiger partial charge in [0, 0.05) is 36.2 Å². The largest absolute Gasteiger partial charge is 0.455 e. The van der Waals surface area contributed by atoms with E-state index in [-0.39, 0.29) is 0 Å². The van der Waals surface area contributed by atoms with Crippen LogP contribution in [-0.2, 0) is 9.47 Å². The Morgan fingerprint density at radius 1 is 0.912 bits per heavy atom. The molecule has 0 atom stereocenters. The molecule has 0 unspecified atom stereocenters. The van der Waals surface area contributed by atoms with Crippen molar-refractivity contribution in [3.05, 3.63) is 46.1 Å². The van der Waals surface area contributed by atoms with Crippen molar-refractivity contribution in [3.8, 4) is 11.3 Å². The summed E-state index contributed by atoms with van der Waals surface area (Å²) in [6.07, 6.45) is 1.61. The van der Waals surface area contributed by atoms with Gasteiger partial charge in [-0.05, 0) is 36.8 Å². The van der Waals surface area contributed by atoms with Crippen molar-refractivity contribution in [2.45, 2.75) is 6.92 Å². The van der Waals surface area contributed by atoms with Crippen LogP contribution in [0.4, 0.5) is 17.8 Å². The highest BCUT2D eigenvalue weighted by Crippen LogP contribution is 2.30. The van der Waals surface area contributed by atoms with Crippen LogP contribution in [-0.4, -0.2) is 73.8 Å². The van der Waals surface area contributed by atoms with E-state index in [1.54, 1.807) is 6.21 Å². The van der Waals surface area contributed by atoms with Gasteiger partial charge in [-0.15, -0.1) is 0 Å². The van der Waals surface area contributed by atoms with E-state index in [1.807, 2.05) is 18.2 Å². The van der Waals surface area contributed by atoms with Crippen LogP contribution in [0.2, 0.25) is 0 Å². The van der Waals surface area contributed by atoms with Crippen molar-refractivity contribution in [2.75, 3.05) is 67.8 Å². The Kier molecular flexibility index (Phi) is 7.02. The zero-order chi connectivity index (χ0) is 23.3. The minimum atomic E-state index is 0.377. The fraction of sp³-hybridized carbons (Fsp3) is 0.391. The third-order valence-electron chi connectivity index (χ3n) is 5.57. The predicted octanol–water partition coefficient (Wildman–Crippen LogP) is 3.32. The number of anilines is 3. The molecule has 0 spiro atoms. The molecule has 11 heteroatoms. The number of aromatic nitrogens is 3. The molecule has 0 bridgehead atoms. The smallest absolute Gasteiger partial charge is 0.250 e. The normalized spacial score (nSPS) is 16.9. The SMILES string of the molecule is Cc1ccc(-c2ccc(/C=N\Nc3nc(N4CCOCC4)nc(N4CCOCC4)n3)o2)c(Br)c1. The van der Waals surface area contributed by atoms with Crippen molar-refractivity contribution in [2.24, 2.45) is 5.10 Å². The van der Waals surface area contributed by atoms with E-state index >= 15 is 0 Å². The Labute approximate surface area is 206 Å². The van der Waals surface area contributed by atoms with Gasteiger partial charge < -0.3 is 23.7 Å². The first-order valence-corrected chi connectivity index (χ1v) is 12.0. The lowest BCUT2D eigenvalue weighted by molar-refractivity contribution is 0.121. The molecule has 178 valence electrons. The summed E-state index contributed by atoms with van der Waals surface area (Å²) < 4.78 is 17.9. The molecule has 2 fully saturated rings. The molecule has 0 radical (unpaired) electrons. The molecule has 1 N–H and O–H groups in total. The van der Waals surface area contributed by atoms with Crippen LogP contribution in [0, 0.1) is 6.92 Å². The number of rotatable bonds is 6. The van der Waals surface area contributed by atoms with E-state index < -0.39 is 0 Å². The molecule has 3 aromatic rings. The van der Waals surface area contributed by atoms with Gasteiger partial charge in [-0.3, -0.25) is 0 Å². The Morgan fingerprint density at radius 3 is 2.18 bits per heavy atom. The number of halogens is 1. The zero-order valence-corrected chi connectivity index (χ0v) is 20.5. The Hall–Kier alpha value is -3.02. The molecule has 4 heterocycles. The van der Waals surface area contributed by atoms with Gasteiger partial charge >= 0.3 is 0 Å². The minimum absolute atomic E-state index is 0.377. The van der Waals surface area contributed by atoms with Gasteiger partial charge in [0.05, 0.1) is 32.6 Å². The van der Waals surface area contributed by atoms with E-state index in [0.29, 0.717) is 50.0 Å². The number of ether oxygens (including phenoxy) is 2. The summed E-state index contributed by atoms with van der Waals surface area (Å²) >= 11 is 3.60. The number of furan rings is 1. The van der Waals surface area contributed by atoms with Crippen molar-refractivity contribution in [1.82, 2.24) is 15.0 Å². The first-order chi connectivity index (χ1) is 16.7. The van der Waals surface area contributed by atoms with Crippen LogP contribution >= 0.6 is 15.9 Å². The molecule has 2 aromatic heterocycles. The second-order valence-corrected chi connectivity index (χ2v) is 8.87. The van der Waals surface area contributed by atoms with Gasteiger partial charge in [0.2, 0.25) is 17.8 Å². The highest BCUT2D eigenvalue weighted by Gasteiger charge is 2.20. The van der Waals surface area contributed by atoms with E-state index in [9.17, 15) is 0 Å². The maximum Gasteiger partial charge on any atom is 0.250 e. The van der Waals surface area contributed by atoms with Crippen molar-refractivity contribution >= 4 is 40.0 Å². The van der Waals surface area contributed by atoms with E-state index in [4.69, 9.17) is 18.9 Å². The van der Waals surface area contributed by atoms with Crippen molar-refractivity contribution in [3.63, 3.8) is 0 Å². The average molecular weight is 528 g/mol. The maximum atomic E-state index is 5.95. The van der Waals surface area contributed by atoms with Crippen molar-refractivity contribution < 1.29 is 13.9 Å². The third kappa shape index (κ3) is 5.37. The number of hydrogen-bond donors (Lipinski definition) is 1. The van der Waals surface area contributed by atoms with Crippen LogP contribution in [0.1, 0.15) is 11.3 Å². The molecule has 34 heavy (non-hydrogen) atoms. The number of morpholine rings is 2. The van der Waals surface area contributed by atoms with Gasteiger partial charge in [0.1, 0.15) is 11.5 Å². The predicted molar refractivity (Wildman–Crippen MR) is 134 cm³/mol. The maximum absolute atomic E-state index is 5.95. The summed E-state index contributed by atoms with van der Waals surface area (Å²) in [5, 5.41) is 4.31. The Balaban J connectivity index is 1.33. The molecule has 5 rings (SSSR count). The van der Waals surface area contributed by atoms with Crippen LogP contribution in [0.25, 0.3) is 11.3 Å². The summed E-state index contributed by atoms with van der Waals surface area (Å²) in [5.74, 6) is 2.98. The highest BCUT2D eigenvalue weighted by atomic mass is 79.9. The number of aryl methyl sites for hydroxylation is 1. The zero-order valence-electron chi connectivity index (χ0n) is 18.9. The minimum Gasteiger partial charge on any atom is -0.455 e. The van der Waals surface area contributed by atoms with Gasteiger partial charge in [-0.1, -0.05) is 22.0 Å². The van der Waals surface area contributed by atoms with Crippen LogP contribution in [0.3, 0.4) is 0 Å². The first kappa shape index (κ1) is 22.8. The van der Waals surface area contributed by atoms with E-state index in [2.05, 4.69) is 65.3 Å². The Morgan fingerprint density at radius 2 is 1.56 bits per heavy atom. The topological polar surface area (TPSA) is 101 Å². The second-order valence-electron chi connectivity index (χ2n) is 8.01. The van der Waals surface area contributed by atoms with E-state index in [0.717, 1.165) is 42.0 Å². The number of hydrogen-bond acceptors (Lipinski definition) is 10. The monoisotopic (exact) mass is 527 g/mol. The van der Waals surface area contributed by atoms with Crippen molar-refractivity contribution in [1.29, 1.82) is 0 Å². The summed E-state index contributed by atoms with van der Waals surface area (Å²) in [6, 6.07) is 9.94. The molecule has 10 nitrogen and oxygen atoms in total. The van der Waals surface area contributed by atoms with Gasteiger partial charge in [-0.2, -0.15) is 20.1 Å². The first-order valence-electron chi connectivity index (χ1n) is 11.2. The Bertz CT molecular complexity index is 1120. The van der Waals surface area contributed by atoms with Gasteiger partial charge in [0.25, 0.3) is 0 Å². The van der Waals surface area contributed by atoms with Crippen LogP contribution < -0.4 is 15.2 Å². The van der Waals surface area contributed by atoms with Gasteiger partial charge in [0.15, 0.2) is 0 Å². The van der Waals surface area contributed by atoms with Crippen LogP contribution in [0.5, 0.6) is 0 Å². The number of benzene rings is 1. The standard InChI is InChI=1S/C23H26BrN7O3/c1-16-2-4-18(19(24)14-16)20-5-3-17(34-20)15-25-29-21-26-22(30-6-10-32-11-7-30)28-23(27-21)31-8-12-33-13-9-31/h2-5,14-15H,6-13H2,1H3,(H,26,27,28,29)/b25-15-.